The van der Waals surface area contributed by atoms with Gasteiger partial charge in [-0.1, -0.05) is 41.1 Å². The van der Waals surface area contributed by atoms with E-state index in [0.717, 1.165) is 33.2 Å². The van der Waals surface area contributed by atoms with E-state index in [2.05, 4.69) is 10.3 Å². The first-order chi connectivity index (χ1) is 23.7. The molecule has 3 amide bonds. The predicted molar refractivity (Wildman–Crippen MR) is 185 cm³/mol. The van der Waals surface area contributed by atoms with Gasteiger partial charge in [-0.05, 0) is 85.7 Å². The van der Waals surface area contributed by atoms with E-state index >= 15 is 0 Å². The maximum Gasteiger partial charge on any atom is 0.338 e. The summed E-state index contributed by atoms with van der Waals surface area (Å²) in [5, 5.41) is 4.11. The van der Waals surface area contributed by atoms with Gasteiger partial charge in [0.1, 0.15) is 5.75 Å². The Bertz CT molecular complexity index is 2050. The summed E-state index contributed by atoms with van der Waals surface area (Å²) in [6.45, 7) is 1.73. The smallest absolute Gasteiger partial charge is 0.338 e. The molecule has 2 aliphatic carbocycles. The molecule has 2 N–H and O–H groups in total. The number of ether oxygens (including phenoxy) is 2. The third-order valence-corrected chi connectivity index (χ3v) is 12.9. The zero-order chi connectivity index (χ0) is 34.0. The van der Waals surface area contributed by atoms with Crippen LogP contribution in [0, 0.1) is 29.6 Å². The second-order valence-corrected chi connectivity index (χ2v) is 15.3. The Hall–Kier alpha value is -4.39. The summed E-state index contributed by atoms with van der Waals surface area (Å²) < 4.78 is 11.2. The SMILES string of the molecule is CCOC(=O)c1ccc(NC(=O)COc2ccccc2[C@@H]2c3sc(=O)[nH]c3S[C@@H]3[C@@H]4C[C@@H]([C@@H]5C(=O)N(c6ccc(Cl)cc6)C(=O)[C@@H]45)[C@H]23)cc1. The molecule has 250 valence electrons. The van der Waals surface area contributed by atoms with Crippen molar-refractivity contribution >= 4 is 69.8 Å². The van der Waals surface area contributed by atoms with Crippen LogP contribution in [0.15, 0.2) is 82.6 Å². The number of anilines is 2. The van der Waals surface area contributed by atoms with Crippen molar-refractivity contribution in [1.29, 1.82) is 0 Å². The van der Waals surface area contributed by atoms with E-state index in [1.54, 1.807) is 67.2 Å². The second-order valence-electron chi connectivity index (χ2n) is 12.6. The lowest BCUT2D eigenvalue weighted by Crippen LogP contribution is -2.42. The number of esters is 1. The number of carbonyl (C=O) groups excluding carboxylic acids is 4. The van der Waals surface area contributed by atoms with Gasteiger partial charge in [-0.2, -0.15) is 0 Å². The van der Waals surface area contributed by atoms with E-state index in [-0.39, 0.29) is 64.7 Å². The Balaban J connectivity index is 1.06. The summed E-state index contributed by atoms with van der Waals surface area (Å²) in [6, 6.07) is 20.7. The maximum absolute atomic E-state index is 14.0. The fourth-order valence-electron chi connectivity index (χ4n) is 8.32. The van der Waals surface area contributed by atoms with Gasteiger partial charge in [0.25, 0.3) is 5.91 Å². The highest BCUT2D eigenvalue weighted by molar-refractivity contribution is 8.00. The highest BCUT2D eigenvalue weighted by Gasteiger charge is 2.69. The van der Waals surface area contributed by atoms with E-state index in [9.17, 15) is 24.0 Å². The standard InChI is InChI=1S/C36H30ClN3O7S2/c1-2-46-35(44)17-7-11-19(12-8-17)38-25(41)16-47-24-6-4-3-5-21(24)26-27-22-15-23(30(27)48-32-31(26)49-36(45)39-32)29-28(22)33(42)40(34(29)43)20-13-9-18(37)10-14-20/h3-14,22-23,26-30H,2,15-16H2,1H3,(H,38,41)(H,39,45)/t22-,23-,26+,27-,28+,29+,30-/m1/s1. The number of nitrogens with zero attached hydrogens (tertiary/aromatic N) is 1. The van der Waals surface area contributed by atoms with E-state index in [1.165, 1.54) is 4.90 Å². The lowest BCUT2D eigenvalue weighted by atomic mass is 9.68. The molecule has 2 saturated carbocycles. The molecule has 0 radical (unpaired) electrons. The molecule has 2 bridgehead atoms. The topological polar surface area (TPSA) is 135 Å². The molecule has 8 rings (SSSR count). The van der Waals surface area contributed by atoms with Gasteiger partial charge in [0.15, 0.2) is 6.61 Å². The number of fused-ring (bicyclic) bond motifs is 9. The number of nitrogens with one attached hydrogen (secondary N) is 2. The summed E-state index contributed by atoms with van der Waals surface area (Å²) in [7, 11) is 0. The lowest BCUT2D eigenvalue weighted by molar-refractivity contribution is -0.123. The molecule has 10 nitrogen and oxygen atoms in total. The van der Waals surface area contributed by atoms with Crippen LogP contribution in [0.1, 0.15) is 40.1 Å². The molecule has 4 aliphatic rings. The molecule has 3 aromatic carbocycles. The number of thioether (sulfide) groups is 1. The first-order valence-electron chi connectivity index (χ1n) is 16.0. The normalized spacial score (nSPS) is 26.2. The molecule has 49 heavy (non-hydrogen) atoms. The molecular formula is C36H30ClN3O7S2. The number of benzene rings is 3. The van der Waals surface area contributed by atoms with Gasteiger partial charge in [-0.3, -0.25) is 24.1 Å². The fourth-order valence-corrected chi connectivity index (χ4v) is 11.3. The molecule has 2 aliphatic heterocycles. The van der Waals surface area contributed by atoms with Crippen LogP contribution in [0.5, 0.6) is 5.75 Å². The van der Waals surface area contributed by atoms with E-state index in [0.29, 0.717) is 27.7 Å². The molecule has 13 heteroatoms. The first kappa shape index (κ1) is 31.9. The van der Waals surface area contributed by atoms with Crippen LogP contribution < -0.4 is 19.8 Å². The van der Waals surface area contributed by atoms with Crippen molar-refractivity contribution in [2.24, 2.45) is 29.6 Å². The van der Waals surface area contributed by atoms with Crippen molar-refractivity contribution < 1.29 is 28.7 Å². The van der Waals surface area contributed by atoms with Crippen molar-refractivity contribution in [3.05, 3.63) is 103 Å². The third kappa shape index (κ3) is 5.37. The maximum atomic E-state index is 14.0. The lowest BCUT2D eigenvalue weighted by Gasteiger charge is -2.43. The zero-order valence-corrected chi connectivity index (χ0v) is 28.5. The molecule has 7 atom stereocenters. The van der Waals surface area contributed by atoms with Crippen LogP contribution in [0.3, 0.4) is 0 Å². The number of aromatic nitrogens is 1. The minimum atomic E-state index is -0.455. The molecule has 0 unspecified atom stereocenters. The number of rotatable bonds is 8. The quantitative estimate of drug-likeness (QED) is 0.169. The molecule has 3 heterocycles. The van der Waals surface area contributed by atoms with Crippen LogP contribution in [0.2, 0.25) is 5.02 Å². The van der Waals surface area contributed by atoms with E-state index in [1.807, 2.05) is 24.3 Å². The van der Waals surface area contributed by atoms with Crippen molar-refractivity contribution in [1.82, 2.24) is 4.98 Å². The molecular weight excluding hydrogens is 686 g/mol. The van der Waals surface area contributed by atoms with Gasteiger partial charge in [-0.25, -0.2) is 4.79 Å². The van der Waals surface area contributed by atoms with Crippen LogP contribution >= 0.6 is 34.7 Å². The van der Waals surface area contributed by atoms with Gasteiger partial charge in [0.05, 0.1) is 34.7 Å². The summed E-state index contributed by atoms with van der Waals surface area (Å²) in [6.07, 6.45) is 0.750. The third-order valence-electron chi connectivity index (χ3n) is 10.1. The number of halogens is 1. The fraction of sp³-hybridized carbons (Fsp3) is 0.306. The van der Waals surface area contributed by atoms with Crippen LogP contribution in [-0.2, 0) is 19.1 Å². The Morgan fingerprint density at radius 1 is 0.959 bits per heavy atom. The summed E-state index contributed by atoms with van der Waals surface area (Å²) in [4.78, 5) is 70.7. The summed E-state index contributed by atoms with van der Waals surface area (Å²) in [5.41, 5.74) is 2.24. The first-order valence-corrected chi connectivity index (χ1v) is 18.1. The number of H-pyrrole nitrogens is 1. The number of thiazole rings is 1. The molecule has 3 fully saturated rings. The van der Waals surface area contributed by atoms with Gasteiger partial charge < -0.3 is 19.8 Å². The Morgan fingerprint density at radius 3 is 2.41 bits per heavy atom. The van der Waals surface area contributed by atoms with Gasteiger partial charge in [0.2, 0.25) is 11.8 Å². The summed E-state index contributed by atoms with van der Waals surface area (Å²) in [5.74, 6) is -1.97. The van der Waals surface area contributed by atoms with Gasteiger partial charge in [0, 0.05) is 32.3 Å². The second kappa shape index (κ2) is 12.5. The number of hydrogen-bond acceptors (Lipinski definition) is 9. The van der Waals surface area contributed by atoms with Crippen molar-refractivity contribution in [2.45, 2.75) is 29.5 Å². The molecule has 0 spiro atoms. The number of aromatic amines is 1. The number of carbonyl (C=O) groups is 4. The minimum Gasteiger partial charge on any atom is -0.483 e. The van der Waals surface area contributed by atoms with Gasteiger partial charge in [-0.15, -0.1) is 11.8 Å². The monoisotopic (exact) mass is 715 g/mol. The Labute approximate surface area is 294 Å². The van der Waals surface area contributed by atoms with E-state index < -0.39 is 17.8 Å². The Morgan fingerprint density at radius 2 is 1.67 bits per heavy atom. The van der Waals surface area contributed by atoms with Crippen molar-refractivity contribution in [2.75, 3.05) is 23.4 Å². The van der Waals surface area contributed by atoms with Crippen LogP contribution in [-0.4, -0.2) is 47.1 Å². The van der Waals surface area contributed by atoms with E-state index in [4.69, 9.17) is 21.1 Å². The van der Waals surface area contributed by atoms with Crippen molar-refractivity contribution in [3.63, 3.8) is 0 Å². The molecule has 1 saturated heterocycles. The van der Waals surface area contributed by atoms with Crippen LogP contribution in [0.4, 0.5) is 11.4 Å². The zero-order valence-electron chi connectivity index (χ0n) is 26.1. The van der Waals surface area contributed by atoms with Crippen molar-refractivity contribution in [3.8, 4) is 5.75 Å². The largest absolute Gasteiger partial charge is 0.483 e. The number of imide groups is 1. The average Bonchev–Trinajstić information content (AvgIpc) is 3.84. The highest BCUT2D eigenvalue weighted by atomic mass is 35.5. The number of para-hydroxylation sites is 1. The van der Waals surface area contributed by atoms with Gasteiger partial charge >= 0.3 is 10.8 Å². The predicted octanol–water partition coefficient (Wildman–Crippen LogP) is 5.96. The Kier molecular flexibility index (Phi) is 8.12. The minimum absolute atomic E-state index is 0.00449. The van der Waals surface area contributed by atoms with Crippen LogP contribution in [0.25, 0.3) is 0 Å². The highest BCUT2D eigenvalue weighted by Crippen LogP contribution is 2.69. The average molecular weight is 716 g/mol. The summed E-state index contributed by atoms with van der Waals surface area (Å²) >= 11 is 8.87. The number of hydrogen-bond donors (Lipinski definition) is 2. The molecule has 4 aromatic rings. The number of amides is 3. The molecule has 1 aromatic heterocycles.